The number of aromatic carboxylic acids is 1. The van der Waals surface area contributed by atoms with E-state index in [9.17, 15) is 9.90 Å². The van der Waals surface area contributed by atoms with Gasteiger partial charge in [0.25, 0.3) is 0 Å². The highest BCUT2D eigenvalue weighted by Crippen LogP contribution is 2.34. The van der Waals surface area contributed by atoms with Gasteiger partial charge in [-0.3, -0.25) is 5.32 Å². The third kappa shape index (κ3) is 3.22. The van der Waals surface area contributed by atoms with E-state index in [4.69, 9.17) is 9.52 Å². The van der Waals surface area contributed by atoms with Gasteiger partial charge in [0.15, 0.2) is 0 Å². The van der Waals surface area contributed by atoms with Crippen molar-refractivity contribution in [2.75, 3.05) is 6.61 Å². The van der Waals surface area contributed by atoms with Crippen molar-refractivity contribution in [3.63, 3.8) is 0 Å². The fourth-order valence-corrected chi connectivity index (χ4v) is 3.21. The molecule has 0 bridgehead atoms. The summed E-state index contributed by atoms with van der Waals surface area (Å²) in [7, 11) is 0. The number of hydrogen-bond donors (Lipinski definition) is 3. The van der Waals surface area contributed by atoms with Crippen LogP contribution in [0, 0.1) is 5.92 Å². The molecule has 1 heterocycles. The van der Waals surface area contributed by atoms with Crippen LogP contribution < -0.4 is 5.32 Å². The van der Waals surface area contributed by atoms with Gasteiger partial charge in [-0.05, 0) is 37.8 Å². The summed E-state index contributed by atoms with van der Waals surface area (Å²) < 4.78 is 5.32. The Hall–Kier alpha value is -1.33. The van der Waals surface area contributed by atoms with Crippen LogP contribution in [0.15, 0.2) is 16.5 Å². The fourth-order valence-electron chi connectivity index (χ4n) is 3.21. The topological polar surface area (TPSA) is 82.7 Å². The number of aliphatic hydroxyl groups is 1. The Morgan fingerprint density at radius 3 is 2.90 bits per heavy atom. The molecule has 3 N–H and O–H groups in total. The van der Waals surface area contributed by atoms with Gasteiger partial charge in [-0.1, -0.05) is 19.8 Å². The van der Waals surface area contributed by atoms with Crippen molar-refractivity contribution in [3.05, 3.63) is 23.7 Å². The Bertz CT molecular complexity index is 470. The number of rotatable bonds is 5. The SMILES string of the molecule is CC1CCCC(CO)(NC(C)c2ccc(C(=O)O)o2)C1. The third-order valence-electron chi connectivity index (χ3n) is 4.18. The first-order valence-electron chi connectivity index (χ1n) is 7.17. The lowest BCUT2D eigenvalue weighted by atomic mass is 9.76. The summed E-state index contributed by atoms with van der Waals surface area (Å²) in [6.45, 7) is 4.22. The van der Waals surface area contributed by atoms with E-state index in [2.05, 4.69) is 12.2 Å². The number of nitrogens with one attached hydrogen (secondary N) is 1. The summed E-state index contributed by atoms with van der Waals surface area (Å²) >= 11 is 0. The minimum Gasteiger partial charge on any atom is -0.475 e. The minimum absolute atomic E-state index is 0.0521. The van der Waals surface area contributed by atoms with Gasteiger partial charge in [0.2, 0.25) is 5.76 Å². The van der Waals surface area contributed by atoms with Gasteiger partial charge in [-0.15, -0.1) is 0 Å². The maximum atomic E-state index is 10.8. The number of carbonyl (C=O) groups is 1. The lowest BCUT2D eigenvalue weighted by Crippen LogP contribution is -2.52. The van der Waals surface area contributed by atoms with E-state index < -0.39 is 5.97 Å². The summed E-state index contributed by atoms with van der Waals surface area (Å²) in [6, 6.07) is 3.02. The van der Waals surface area contributed by atoms with Crippen LogP contribution in [0.1, 0.15) is 61.9 Å². The molecule has 1 aromatic heterocycles. The second kappa shape index (κ2) is 5.97. The molecule has 1 aliphatic carbocycles. The van der Waals surface area contributed by atoms with Crippen LogP contribution in [0.3, 0.4) is 0 Å². The molecule has 112 valence electrons. The predicted molar refractivity (Wildman–Crippen MR) is 74.7 cm³/mol. The maximum absolute atomic E-state index is 10.8. The Morgan fingerprint density at radius 2 is 2.35 bits per heavy atom. The van der Waals surface area contributed by atoms with Crippen LogP contribution in [-0.4, -0.2) is 28.3 Å². The molecule has 0 radical (unpaired) electrons. The molecule has 0 saturated heterocycles. The Balaban J connectivity index is 2.08. The van der Waals surface area contributed by atoms with Crippen molar-refractivity contribution < 1.29 is 19.4 Å². The third-order valence-corrected chi connectivity index (χ3v) is 4.18. The summed E-state index contributed by atoms with van der Waals surface area (Å²) in [5.41, 5.74) is -0.284. The average molecular weight is 281 g/mol. The van der Waals surface area contributed by atoms with Gasteiger partial charge in [0, 0.05) is 5.54 Å². The van der Waals surface area contributed by atoms with Gasteiger partial charge >= 0.3 is 5.97 Å². The second-order valence-electron chi connectivity index (χ2n) is 6.01. The molecular weight excluding hydrogens is 258 g/mol. The van der Waals surface area contributed by atoms with Crippen molar-refractivity contribution in [2.45, 2.75) is 51.1 Å². The number of aliphatic hydroxyl groups excluding tert-OH is 1. The van der Waals surface area contributed by atoms with E-state index in [1.165, 1.54) is 12.5 Å². The molecule has 0 aromatic carbocycles. The lowest BCUT2D eigenvalue weighted by Gasteiger charge is -2.41. The second-order valence-corrected chi connectivity index (χ2v) is 6.01. The zero-order valence-corrected chi connectivity index (χ0v) is 12.1. The molecule has 1 aromatic rings. The lowest BCUT2D eigenvalue weighted by molar-refractivity contribution is 0.0654. The van der Waals surface area contributed by atoms with Gasteiger partial charge < -0.3 is 14.6 Å². The zero-order valence-electron chi connectivity index (χ0n) is 12.1. The van der Waals surface area contributed by atoms with Gasteiger partial charge in [-0.2, -0.15) is 0 Å². The van der Waals surface area contributed by atoms with Crippen molar-refractivity contribution in [2.24, 2.45) is 5.92 Å². The normalized spacial score (nSPS) is 28.2. The molecule has 0 spiro atoms. The highest BCUT2D eigenvalue weighted by atomic mass is 16.4. The maximum Gasteiger partial charge on any atom is 0.371 e. The summed E-state index contributed by atoms with van der Waals surface area (Å²) in [6.07, 6.45) is 4.16. The van der Waals surface area contributed by atoms with Gasteiger partial charge in [0.05, 0.1) is 12.6 Å². The Labute approximate surface area is 119 Å². The molecule has 20 heavy (non-hydrogen) atoms. The quantitative estimate of drug-likeness (QED) is 0.772. The number of carboxylic acids is 1. The van der Waals surface area contributed by atoms with Crippen LogP contribution in [0.4, 0.5) is 0 Å². The molecular formula is C15H23NO4. The largest absolute Gasteiger partial charge is 0.475 e. The molecule has 0 amide bonds. The van der Waals surface area contributed by atoms with Crippen LogP contribution >= 0.6 is 0 Å². The van der Waals surface area contributed by atoms with Gasteiger partial charge in [0.1, 0.15) is 5.76 Å². The van der Waals surface area contributed by atoms with Crippen molar-refractivity contribution in [3.8, 4) is 0 Å². The highest BCUT2D eigenvalue weighted by Gasteiger charge is 2.36. The molecule has 5 nitrogen and oxygen atoms in total. The van der Waals surface area contributed by atoms with Crippen molar-refractivity contribution >= 4 is 5.97 Å². The van der Waals surface area contributed by atoms with Crippen LogP contribution in [-0.2, 0) is 0 Å². The van der Waals surface area contributed by atoms with Crippen LogP contribution in [0.25, 0.3) is 0 Å². The molecule has 1 fully saturated rings. The molecule has 5 heteroatoms. The molecule has 1 aliphatic rings. The molecule has 3 unspecified atom stereocenters. The Morgan fingerprint density at radius 1 is 1.60 bits per heavy atom. The summed E-state index contributed by atoms with van der Waals surface area (Å²) in [5, 5.41) is 22.1. The van der Waals surface area contributed by atoms with Crippen molar-refractivity contribution in [1.29, 1.82) is 0 Å². The van der Waals surface area contributed by atoms with Crippen LogP contribution in [0.5, 0.6) is 0 Å². The van der Waals surface area contributed by atoms with Gasteiger partial charge in [-0.25, -0.2) is 4.79 Å². The first-order valence-corrected chi connectivity index (χ1v) is 7.17. The monoisotopic (exact) mass is 281 g/mol. The molecule has 2 rings (SSSR count). The first kappa shape index (κ1) is 15.1. The molecule has 0 aliphatic heterocycles. The minimum atomic E-state index is -1.06. The van der Waals surface area contributed by atoms with Crippen molar-refractivity contribution in [1.82, 2.24) is 5.32 Å². The van der Waals surface area contributed by atoms with E-state index in [0.29, 0.717) is 11.7 Å². The van der Waals surface area contributed by atoms with E-state index >= 15 is 0 Å². The van der Waals surface area contributed by atoms with E-state index in [0.717, 1.165) is 19.3 Å². The van der Waals surface area contributed by atoms with E-state index in [-0.39, 0.29) is 23.9 Å². The predicted octanol–water partition coefficient (Wildman–Crippen LogP) is 2.57. The highest BCUT2D eigenvalue weighted by molar-refractivity contribution is 5.84. The number of carboxylic acid groups (broad SMARTS) is 1. The smallest absolute Gasteiger partial charge is 0.371 e. The summed E-state index contributed by atoms with van der Waals surface area (Å²) in [5.74, 6) is 0.0607. The molecule has 1 saturated carbocycles. The average Bonchev–Trinajstić information content (AvgIpc) is 2.88. The number of furan rings is 1. The zero-order chi connectivity index (χ0) is 14.8. The molecule has 3 atom stereocenters. The standard InChI is InChI=1S/C15H23NO4/c1-10-4-3-7-15(8-10,9-17)16-11(2)12-5-6-13(20-12)14(18)19/h5-6,10-11,16-17H,3-4,7-9H2,1-2H3,(H,18,19). The van der Waals surface area contributed by atoms with E-state index in [1.807, 2.05) is 6.92 Å². The fraction of sp³-hybridized carbons (Fsp3) is 0.667. The first-order chi connectivity index (χ1) is 9.46. The van der Waals surface area contributed by atoms with E-state index in [1.54, 1.807) is 6.07 Å². The Kier molecular flexibility index (Phi) is 4.50. The van der Waals surface area contributed by atoms with Crippen LogP contribution in [0.2, 0.25) is 0 Å². The summed E-state index contributed by atoms with van der Waals surface area (Å²) in [4.78, 5) is 10.8. The number of hydrogen-bond acceptors (Lipinski definition) is 4.